The number of benzene rings is 2. The summed E-state index contributed by atoms with van der Waals surface area (Å²) >= 11 is 6.01. The van der Waals surface area contributed by atoms with Gasteiger partial charge in [-0.05, 0) is 17.7 Å². The van der Waals surface area contributed by atoms with Crippen molar-refractivity contribution in [3.05, 3.63) is 70.2 Å². The number of morpholine rings is 1. The van der Waals surface area contributed by atoms with Crippen LogP contribution < -0.4 is 15.5 Å². The molecule has 1 aliphatic rings. The van der Waals surface area contributed by atoms with Gasteiger partial charge >= 0.3 is 0 Å². The highest BCUT2D eigenvalue weighted by Crippen LogP contribution is 2.14. The highest BCUT2D eigenvalue weighted by molar-refractivity contribution is 6.33. The normalized spacial score (nSPS) is 14.4. The van der Waals surface area contributed by atoms with Gasteiger partial charge < -0.3 is 20.3 Å². The molecule has 2 aromatic carbocycles. The van der Waals surface area contributed by atoms with Crippen LogP contribution in [0.2, 0.25) is 5.02 Å². The fourth-order valence-corrected chi connectivity index (χ4v) is 3.54. The van der Waals surface area contributed by atoms with E-state index in [1.165, 1.54) is 10.5 Å². The van der Waals surface area contributed by atoms with Gasteiger partial charge in [-0.25, -0.2) is 0 Å². The lowest BCUT2D eigenvalue weighted by molar-refractivity contribution is -0.921. The highest BCUT2D eigenvalue weighted by Gasteiger charge is 2.16. The van der Waals surface area contributed by atoms with Crippen molar-refractivity contribution in [2.75, 3.05) is 32.8 Å². The molecule has 1 aliphatic heterocycles. The summed E-state index contributed by atoms with van der Waals surface area (Å²) in [6, 6.07) is 15.0. The summed E-state index contributed by atoms with van der Waals surface area (Å²) in [6.45, 7) is 5.29. The Morgan fingerprint density at radius 1 is 0.966 bits per heavy atom. The van der Waals surface area contributed by atoms with Gasteiger partial charge in [-0.2, -0.15) is 0 Å². The third-order valence-electron chi connectivity index (χ3n) is 4.99. The van der Waals surface area contributed by atoms with Crippen molar-refractivity contribution in [1.82, 2.24) is 10.6 Å². The number of halogens is 1. The summed E-state index contributed by atoms with van der Waals surface area (Å²) in [5.74, 6) is -0.375. The molecule has 1 saturated heterocycles. The first-order valence-electron chi connectivity index (χ1n) is 9.91. The van der Waals surface area contributed by atoms with Crippen LogP contribution >= 0.6 is 11.6 Å². The maximum absolute atomic E-state index is 12.2. The van der Waals surface area contributed by atoms with Gasteiger partial charge in [0.25, 0.3) is 5.91 Å². The van der Waals surface area contributed by atoms with Gasteiger partial charge in [0.2, 0.25) is 5.91 Å². The SMILES string of the molecule is O=C(CCNC(=O)c1ccccc1Cl)NCc1ccccc1C[NH+]1CCOCC1. The molecule has 2 amide bonds. The highest BCUT2D eigenvalue weighted by atomic mass is 35.5. The summed E-state index contributed by atoms with van der Waals surface area (Å²) in [7, 11) is 0. The second-order valence-electron chi connectivity index (χ2n) is 7.07. The van der Waals surface area contributed by atoms with Crippen LogP contribution in [0, 0.1) is 0 Å². The number of quaternary nitrogens is 1. The van der Waals surface area contributed by atoms with Crippen molar-refractivity contribution < 1.29 is 19.2 Å². The van der Waals surface area contributed by atoms with Crippen LogP contribution in [0.25, 0.3) is 0 Å². The molecule has 0 atom stereocenters. The van der Waals surface area contributed by atoms with Gasteiger partial charge in [-0.15, -0.1) is 0 Å². The molecule has 0 aliphatic carbocycles. The van der Waals surface area contributed by atoms with E-state index >= 15 is 0 Å². The molecular formula is C22H27ClN3O3+. The zero-order valence-electron chi connectivity index (χ0n) is 16.4. The van der Waals surface area contributed by atoms with E-state index in [1.807, 2.05) is 12.1 Å². The average Bonchev–Trinajstić information content (AvgIpc) is 2.74. The molecule has 1 fully saturated rings. The minimum Gasteiger partial charge on any atom is -0.370 e. The van der Waals surface area contributed by atoms with Crippen LogP contribution in [0.1, 0.15) is 27.9 Å². The van der Waals surface area contributed by atoms with Gasteiger partial charge in [-0.1, -0.05) is 48.0 Å². The van der Waals surface area contributed by atoms with Gasteiger partial charge in [0.15, 0.2) is 0 Å². The van der Waals surface area contributed by atoms with Crippen molar-refractivity contribution in [1.29, 1.82) is 0 Å². The molecule has 29 heavy (non-hydrogen) atoms. The monoisotopic (exact) mass is 416 g/mol. The Hall–Kier alpha value is -2.41. The Labute approximate surface area is 176 Å². The molecule has 0 spiro atoms. The molecule has 0 unspecified atom stereocenters. The van der Waals surface area contributed by atoms with Crippen LogP contribution in [0.4, 0.5) is 0 Å². The smallest absolute Gasteiger partial charge is 0.252 e. The first-order valence-corrected chi connectivity index (χ1v) is 10.3. The fraction of sp³-hybridized carbons (Fsp3) is 0.364. The Morgan fingerprint density at radius 3 is 2.41 bits per heavy atom. The first-order chi connectivity index (χ1) is 14.1. The van der Waals surface area contributed by atoms with Crippen molar-refractivity contribution in [3.8, 4) is 0 Å². The predicted octanol–water partition coefficient (Wildman–Crippen LogP) is 1.19. The summed E-state index contributed by atoms with van der Waals surface area (Å²) in [5, 5.41) is 6.08. The van der Waals surface area contributed by atoms with E-state index in [1.54, 1.807) is 24.3 Å². The van der Waals surface area contributed by atoms with Gasteiger partial charge in [-0.3, -0.25) is 9.59 Å². The molecule has 1 heterocycles. The molecule has 3 rings (SSSR count). The molecule has 0 saturated carbocycles. The lowest BCUT2D eigenvalue weighted by atomic mass is 10.1. The van der Waals surface area contributed by atoms with Gasteiger partial charge in [0, 0.05) is 25.1 Å². The Bertz CT molecular complexity index is 838. The number of amides is 2. The van der Waals surface area contributed by atoms with E-state index in [-0.39, 0.29) is 24.8 Å². The zero-order chi connectivity index (χ0) is 20.5. The molecule has 2 aromatic rings. The summed E-state index contributed by atoms with van der Waals surface area (Å²) in [5.41, 5.74) is 2.78. The summed E-state index contributed by atoms with van der Waals surface area (Å²) in [4.78, 5) is 25.8. The predicted molar refractivity (Wildman–Crippen MR) is 112 cm³/mol. The quantitative estimate of drug-likeness (QED) is 0.605. The maximum atomic E-state index is 12.2. The summed E-state index contributed by atoms with van der Waals surface area (Å²) < 4.78 is 5.42. The van der Waals surface area contributed by atoms with Gasteiger partial charge in [0.1, 0.15) is 19.6 Å². The van der Waals surface area contributed by atoms with Crippen molar-refractivity contribution in [2.45, 2.75) is 19.5 Å². The Balaban J connectivity index is 1.43. The third kappa shape index (κ3) is 6.56. The average molecular weight is 417 g/mol. The minimum atomic E-state index is -0.276. The number of hydrogen-bond donors (Lipinski definition) is 3. The summed E-state index contributed by atoms with van der Waals surface area (Å²) in [6.07, 6.45) is 0.215. The second-order valence-corrected chi connectivity index (χ2v) is 7.48. The van der Waals surface area contributed by atoms with Crippen molar-refractivity contribution in [3.63, 3.8) is 0 Å². The molecule has 3 N–H and O–H groups in total. The number of carbonyl (C=O) groups excluding carboxylic acids is 2. The van der Waals surface area contributed by atoms with Crippen LogP contribution in [-0.2, 0) is 22.6 Å². The standard InChI is InChI=1S/C22H26ClN3O3/c23-20-8-4-3-7-19(20)22(28)24-10-9-21(27)25-15-17-5-1-2-6-18(17)16-26-11-13-29-14-12-26/h1-8H,9-16H2,(H,24,28)(H,25,27)/p+1. The van der Waals surface area contributed by atoms with E-state index in [0.29, 0.717) is 17.1 Å². The van der Waals surface area contributed by atoms with Gasteiger partial charge in [0.05, 0.1) is 23.8 Å². The number of hydrogen-bond acceptors (Lipinski definition) is 3. The van der Waals surface area contributed by atoms with Crippen LogP contribution in [-0.4, -0.2) is 44.7 Å². The van der Waals surface area contributed by atoms with Crippen LogP contribution in [0.3, 0.4) is 0 Å². The minimum absolute atomic E-state index is 0.0991. The maximum Gasteiger partial charge on any atom is 0.252 e. The molecule has 0 aromatic heterocycles. The lowest BCUT2D eigenvalue weighted by Gasteiger charge is -2.24. The molecule has 6 nitrogen and oxygen atoms in total. The molecule has 7 heteroatoms. The van der Waals surface area contributed by atoms with E-state index in [0.717, 1.165) is 38.4 Å². The molecule has 154 valence electrons. The van der Waals surface area contributed by atoms with E-state index in [4.69, 9.17) is 16.3 Å². The van der Waals surface area contributed by atoms with Crippen LogP contribution in [0.15, 0.2) is 48.5 Å². The Morgan fingerprint density at radius 2 is 1.66 bits per heavy atom. The number of ether oxygens (including phenoxy) is 1. The van der Waals surface area contributed by atoms with E-state index < -0.39 is 0 Å². The largest absolute Gasteiger partial charge is 0.370 e. The van der Waals surface area contributed by atoms with Crippen molar-refractivity contribution in [2.24, 2.45) is 0 Å². The van der Waals surface area contributed by atoms with Crippen molar-refractivity contribution >= 4 is 23.4 Å². The third-order valence-corrected chi connectivity index (χ3v) is 5.32. The molecular weight excluding hydrogens is 390 g/mol. The lowest BCUT2D eigenvalue weighted by Crippen LogP contribution is -3.12. The number of rotatable bonds is 8. The zero-order valence-corrected chi connectivity index (χ0v) is 17.1. The van der Waals surface area contributed by atoms with Crippen LogP contribution in [0.5, 0.6) is 0 Å². The fourth-order valence-electron chi connectivity index (χ4n) is 3.32. The second kappa shape index (κ2) is 11.0. The Kier molecular flexibility index (Phi) is 8.04. The first kappa shape index (κ1) is 21.3. The number of carbonyl (C=O) groups is 2. The van der Waals surface area contributed by atoms with E-state index in [2.05, 4.69) is 22.8 Å². The number of nitrogens with one attached hydrogen (secondary N) is 3. The molecule has 0 radical (unpaired) electrons. The molecule has 0 bridgehead atoms. The van der Waals surface area contributed by atoms with E-state index in [9.17, 15) is 9.59 Å². The topological polar surface area (TPSA) is 71.9 Å².